The van der Waals surface area contributed by atoms with Gasteiger partial charge in [0.15, 0.2) is 0 Å². The van der Waals surface area contributed by atoms with Gasteiger partial charge in [0.2, 0.25) is 0 Å². The van der Waals surface area contributed by atoms with Crippen LogP contribution >= 0.6 is 0 Å². The van der Waals surface area contributed by atoms with Crippen molar-refractivity contribution in [3.8, 4) is 0 Å². The first kappa shape index (κ1) is 20.7. The maximum atomic E-state index is 7.49. The molecule has 0 N–H and O–H groups in total. The van der Waals surface area contributed by atoms with Crippen molar-refractivity contribution in [2.75, 3.05) is 0 Å². The third-order valence-electron chi connectivity index (χ3n) is 4.05. The Bertz CT molecular complexity index is 209. The maximum absolute atomic E-state index is 7.49. The van der Waals surface area contributed by atoms with E-state index in [4.69, 9.17) is 1.37 Å². The third-order valence-corrected chi connectivity index (χ3v) is 4.05. The van der Waals surface area contributed by atoms with Crippen LogP contribution < -0.4 is 0 Å². The minimum atomic E-state index is -0.0556. The summed E-state index contributed by atoms with van der Waals surface area (Å²) in [6, 6.07) is 0. The molecule has 0 aromatic heterocycles. The first-order valence-corrected chi connectivity index (χ1v) is 9.48. The van der Waals surface area contributed by atoms with Crippen LogP contribution in [0.2, 0.25) is 0 Å². The second kappa shape index (κ2) is 16.1. The summed E-state index contributed by atoms with van der Waals surface area (Å²) in [6.45, 7) is 15.0. The molecule has 0 saturated heterocycles. The van der Waals surface area contributed by atoms with Crippen LogP contribution in [0, 0.1) is 11.3 Å². The lowest BCUT2D eigenvalue weighted by molar-refractivity contribution is 0.382. The summed E-state index contributed by atoms with van der Waals surface area (Å²) in [6.07, 6.45) is 17.3. The monoisotopic (exact) mass is 297 g/mol. The number of rotatable bonds is 2. The van der Waals surface area contributed by atoms with Crippen LogP contribution in [0.25, 0.3) is 0 Å². The minimum absolute atomic E-state index is 0.0556. The molecule has 21 heavy (non-hydrogen) atoms. The van der Waals surface area contributed by atoms with Crippen LogP contribution in [0.5, 0.6) is 0 Å². The van der Waals surface area contributed by atoms with Crippen molar-refractivity contribution in [2.24, 2.45) is 11.3 Å². The van der Waals surface area contributed by atoms with E-state index < -0.39 is 0 Å². The molecule has 0 aliphatic heterocycles. The van der Waals surface area contributed by atoms with Crippen molar-refractivity contribution in [1.29, 1.82) is 0 Å². The quantitative estimate of drug-likeness (QED) is 0.451. The zero-order valence-electron chi connectivity index (χ0n) is 17.2. The fourth-order valence-corrected chi connectivity index (χ4v) is 2.64. The Morgan fingerprint density at radius 3 is 1.43 bits per heavy atom. The van der Waals surface area contributed by atoms with Crippen LogP contribution in [0.3, 0.4) is 0 Å². The molecule has 0 radical (unpaired) electrons. The van der Waals surface area contributed by atoms with E-state index in [1.807, 2.05) is 20.8 Å². The van der Waals surface area contributed by atoms with Crippen molar-refractivity contribution in [3.05, 3.63) is 12.2 Å². The minimum Gasteiger partial charge on any atom is -0.0888 e. The van der Waals surface area contributed by atoms with Gasteiger partial charge in [-0.1, -0.05) is 99.1 Å². The van der Waals surface area contributed by atoms with E-state index in [0.29, 0.717) is 5.41 Å². The molecule has 2 rings (SSSR count). The largest absolute Gasteiger partial charge is 0.0888 e. The highest BCUT2D eigenvalue weighted by atomic mass is 14.3. The lowest BCUT2D eigenvalue weighted by atomic mass is 9.92. The standard InChI is InChI=1S/C7H14.2C6H12.C2H6/c1-7(2)5-3-4-6-7;1-6-4-2-3-5-6;1-3-5-6-4-2;1-2/h3-6H2,1-2H3;6H,2-5H2,1H3;5-6H,3-4H2,1-2H3;1-2H3/b;;6-5-;/i;6D;;. The van der Waals surface area contributed by atoms with Crippen molar-refractivity contribution in [2.45, 2.75) is 113 Å². The highest BCUT2D eigenvalue weighted by molar-refractivity contribution is 4.77. The van der Waals surface area contributed by atoms with Crippen LogP contribution in [0.1, 0.15) is 114 Å². The second-order valence-corrected chi connectivity index (χ2v) is 6.82. The fraction of sp³-hybridized carbons (Fsp3) is 0.905. The normalized spacial score (nSPS) is 22.1. The number of allylic oxidation sites excluding steroid dienone is 2. The zero-order chi connectivity index (χ0) is 17.5. The third kappa shape index (κ3) is 17.7. The number of hydrogen-bond acceptors (Lipinski definition) is 0. The SMILES string of the molecule is CC.CC/C=C\CC.CC1(C)CCCC1.[2H]C1(C)CCCC1. The summed E-state index contributed by atoms with van der Waals surface area (Å²) in [4.78, 5) is 0. The average Bonchev–Trinajstić information content (AvgIpc) is 3.07. The van der Waals surface area contributed by atoms with E-state index in [1.54, 1.807) is 0 Å². The molecular weight excluding hydrogens is 252 g/mol. The lowest BCUT2D eigenvalue weighted by Gasteiger charge is -2.13. The summed E-state index contributed by atoms with van der Waals surface area (Å²) < 4.78 is 7.49. The molecule has 0 nitrogen and oxygen atoms in total. The van der Waals surface area contributed by atoms with Crippen LogP contribution in [-0.4, -0.2) is 0 Å². The summed E-state index contributed by atoms with van der Waals surface area (Å²) in [5, 5.41) is 0. The second-order valence-electron chi connectivity index (χ2n) is 6.82. The van der Waals surface area contributed by atoms with Crippen molar-refractivity contribution in [3.63, 3.8) is 0 Å². The number of hydrogen-bond donors (Lipinski definition) is 0. The van der Waals surface area contributed by atoms with E-state index in [2.05, 4.69) is 39.8 Å². The first-order valence-electron chi connectivity index (χ1n) is 9.98. The van der Waals surface area contributed by atoms with Gasteiger partial charge < -0.3 is 0 Å². The molecule has 0 spiro atoms. The van der Waals surface area contributed by atoms with Gasteiger partial charge in [0.1, 0.15) is 0 Å². The molecule has 2 fully saturated rings. The molecule has 2 saturated carbocycles. The van der Waals surface area contributed by atoms with Crippen LogP contribution in [-0.2, 0) is 0 Å². The van der Waals surface area contributed by atoms with Gasteiger partial charge in [-0.25, -0.2) is 0 Å². The summed E-state index contributed by atoms with van der Waals surface area (Å²) in [5.74, 6) is -0.0556. The van der Waals surface area contributed by atoms with Gasteiger partial charge in [0, 0.05) is 1.37 Å². The van der Waals surface area contributed by atoms with Crippen molar-refractivity contribution >= 4 is 0 Å². The zero-order valence-corrected chi connectivity index (χ0v) is 16.2. The van der Waals surface area contributed by atoms with Crippen molar-refractivity contribution < 1.29 is 1.37 Å². The lowest BCUT2D eigenvalue weighted by Crippen LogP contribution is -2.01. The summed E-state index contributed by atoms with van der Waals surface area (Å²) in [7, 11) is 0. The van der Waals surface area contributed by atoms with Gasteiger partial charge in [0.05, 0.1) is 0 Å². The predicted octanol–water partition coefficient (Wildman–Crippen LogP) is 8.17. The summed E-state index contributed by atoms with van der Waals surface area (Å²) >= 11 is 0. The Morgan fingerprint density at radius 2 is 1.29 bits per heavy atom. The van der Waals surface area contributed by atoms with Crippen LogP contribution in [0.4, 0.5) is 0 Å². The van der Waals surface area contributed by atoms with Gasteiger partial charge in [-0.15, -0.1) is 0 Å². The van der Waals surface area contributed by atoms with E-state index in [-0.39, 0.29) is 5.89 Å². The molecule has 128 valence electrons. The topological polar surface area (TPSA) is 0 Å². The molecule has 2 aliphatic carbocycles. The molecule has 0 atom stereocenters. The first-order chi connectivity index (χ1) is 10.3. The maximum Gasteiger partial charge on any atom is 0.0300 e. The smallest absolute Gasteiger partial charge is 0.0300 e. The Kier molecular flexibility index (Phi) is 15.9. The molecule has 0 bridgehead atoms. The van der Waals surface area contributed by atoms with E-state index in [9.17, 15) is 0 Å². The average molecular weight is 298 g/mol. The molecular formula is C21H44. The fourth-order valence-electron chi connectivity index (χ4n) is 2.64. The van der Waals surface area contributed by atoms with E-state index in [0.717, 1.165) is 12.8 Å². The highest BCUT2D eigenvalue weighted by Gasteiger charge is 2.21. The van der Waals surface area contributed by atoms with Gasteiger partial charge in [-0.05, 0) is 37.0 Å². The van der Waals surface area contributed by atoms with Gasteiger partial charge in [0.25, 0.3) is 0 Å². The van der Waals surface area contributed by atoms with Crippen LogP contribution in [0.15, 0.2) is 12.2 Å². The molecule has 0 amide bonds. The van der Waals surface area contributed by atoms with Gasteiger partial charge in [-0.3, -0.25) is 0 Å². The Balaban J connectivity index is 0. The van der Waals surface area contributed by atoms with E-state index >= 15 is 0 Å². The van der Waals surface area contributed by atoms with Gasteiger partial charge >= 0.3 is 0 Å². The molecule has 0 heterocycles. The van der Waals surface area contributed by atoms with E-state index in [1.165, 1.54) is 51.4 Å². The predicted molar refractivity (Wildman–Crippen MR) is 101 cm³/mol. The molecule has 0 aromatic rings. The van der Waals surface area contributed by atoms with Crippen molar-refractivity contribution in [1.82, 2.24) is 0 Å². The Labute approximate surface area is 138 Å². The Morgan fingerprint density at radius 1 is 0.905 bits per heavy atom. The Hall–Kier alpha value is -0.260. The van der Waals surface area contributed by atoms with Gasteiger partial charge in [-0.2, -0.15) is 0 Å². The molecule has 0 heteroatoms. The molecule has 0 aromatic carbocycles. The molecule has 0 unspecified atom stereocenters. The summed E-state index contributed by atoms with van der Waals surface area (Å²) in [5.41, 5.74) is 0.694. The molecule has 2 aliphatic rings. The highest BCUT2D eigenvalue weighted by Crippen LogP contribution is 2.36.